The number of benzene rings is 1. The van der Waals surface area contributed by atoms with Crippen LogP contribution >= 0.6 is 0 Å². The van der Waals surface area contributed by atoms with E-state index in [1.54, 1.807) is 6.07 Å². The number of nitrogens with one attached hydrogen (secondary N) is 1. The average molecular weight is 218 g/mol. The lowest BCUT2D eigenvalue weighted by atomic mass is 9.94. The Kier molecular flexibility index (Phi) is 2.17. The van der Waals surface area contributed by atoms with Crippen molar-refractivity contribution in [2.45, 2.75) is 25.2 Å². The first-order valence-electron chi connectivity index (χ1n) is 5.77. The summed E-state index contributed by atoms with van der Waals surface area (Å²) >= 11 is 0. The Balaban J connectivity index is 2.21. The molecule has 0 bridgehead atoms. The summed E-state index contributed by atoms with van der Waals surface area (Å²) in [7, 11) is 0. The average Bonchev–Trinajstić information content (AvgIpc) is 2.54. The van der Waals surface area contributed by atoms with Gasteiger partial charge in [0.15, 0.2) is 0 Å². The van der Waals surface area contributed by atoms with Crippen LogP contribution in [0.3, 0.4) is 0 Å². The first-order chi connectivity index (χ1) is 7.77. The summed E-state index contributed by atoms with van der Waals surface area (Å²) < 4.78 is 0. The van der Waals surface area contributed by atoms with E-state index in [2.05, 4.69) is 5.32 Å². The minimum Gasteiger partial charge on any atom is -0.316 e. The van der Waals surface area contributed by atoms with Gasteiger partial charge in [-0.05, 0) is 42.9 Å². The second-order valence-electron chi connectivity index (χ2n) is 4.58. The molecule has 1 atom stereocenters. The molecule has 4 nitrogen and oxygen atoms in total. The van der Waals surface area contributed by atoms with Crippen LogP contribution in [-0.4, -0.2) is 18.0 Å². The van der Waals surface area contributed by atoms with E-state index in [9.17, 15) is 10.1 Å². The Bertz CT molecular complexity index is 457. The monoisotopic (exact) mass is 218 g/mol. The normalized spacial score (nSPS) is 22.6. The van der Waals surface area contributed by atoms with Gasteiger partial charge in [-0.1, -0.05) is 6.07 Å². The molecule has 1 heterocycles. The van der Waals surface area contributed by atoms with Crippen LogP contribution in [0.5, 0.6) is 0 Å². The van der Waals surface area contributed by atoms with Crippen molar-refractivity contribution in [2.24, 2.45) is 0 Å². The van der Waals surface area contributed by atoms with E-state index in [0.717, 1.165) is 37.9 Å². The van der Waals surface area contributed by atoms with Crippen LogP contribution in [-0.2, 0) is 12.8 Å². The molecule has 0 spiro atoms. The van der Waals surface area contributed by atoms with E-state index in [0.29, 0.717) is 11.6 Å². The molecule has 1 unspecified atom stereocenters. The molecule has 3 rings (SSSR count). The zero-order chi connectivity index (χ0) is 11.1. The third kappa shape index (κ3) is 1.33. The largest absolute Gasteiger partial charge is 0.316 e. The smallest absolute Gasteiger partial charge is 0.272 e. The first-order valence-corrected chi connectivity index (χ1v) is 5.77. The Morgan fingerprint density at radius 3 is 3.06 bits per heavy atom. The van der Waals surface area contributed by atoms with Gasteiger partial charge in [0.2, 0.25) is 0 Å². The highest BCUT2D eigenvalue weighted by atomic mass is 16.6. The summed E-state index contributed by atoms with van der Waals surface area (Å²) in [6, 6.07) is 3.63. The molecule has 4 heteroatoms. The summed E-state index contributed by atoms with van der Waals surface area (Å²) in [6.07, 6.45) is 3.00. The van der Waals surface area contributed by atoms with Gasteiger partial charge in [0.1, 0.15) is 0 Å². The van der Waals surface area contributed by atoms with E-state index >= 15 is 0 Å². The topological polar surface area (TPSA) is 55.2 Å². The van der Waals surface area contributed by atoms with Gasteiger partial charge in [-0.2, -0.15) is 0 Å². The summed E-state index contributed by atoms with van der Waals surface area (Å²) in [4.78, 5) is 10.8. The molecular formula is C12H14N2O2. The van der Waals surface area contributed by atoms with E-state index in [-0.39, 0.29) is 4.92 Å². The van der Waals surface area contributed by atoms with Crippen LogP contribution in [0.4, 0.5) is 5.69 Å². The van der Waals surface area contributed by atoms with Gasteiger partial charge in [-0.15, -0.1) is 0 Å². The van der Waals surface area contributed by atoms with Gasteiger partial charge in [-0.3, -0.25) is 10.1 Å². The molecule has 2 aliphatic rings. The Hall–Kier alpha value is -1.42. The predicted molar refractivity (Wildman–Crippen MR) is 60.7 cm³/mol. The number of rotatable bonds is 1. The minimum atomic E-state index is -0.240. The zero-order valence-corrected chi connectivity index (χ0v) is 9.03. The molecule has 0 aromatic heterocycles. The fourth-order valence-corrected chi connectivity index (χ4v) is 3.03. The molecule has 16 heavy (non-hydrogen) atoms. The highest BCUT2D eigenvalue weighted by Crippen LogP contribution is 2.40. The Morgan fingerprint density at radius 1 is 1.38 bits per heavy atom. The second-order valence-corrected chi connectivity index (χ2v) is 4.58. The van der Waals surface area contributed by atoms with Crippen molar-refractivity contribution in [2.75, 3.05) is 13.1 Å². The number of hydrogen-bond donors (Lipinski definition) is 1. The molecule has 84 valence electrons. The van der Waals surface area contributed by atoms with Crippen molar-refractivity contribution in [3.63, 3.8) is 0 Å². The van der Waals surface area contributed by atoms with E-state index < -0.39 is 0 Å². The van der Waals surface area contributed by atoms with Crippen LogP contribution in [0.15, 0.2) is 12.1 Å². The standard InChI is InChI=1S/C12H14N2O2/c15-14(16)11-4-3-8-1-2-9-7-13-6-5-10(11)12(8)9/h3-4,9,13H,1-2,5-7H2. The maximum atomic E-state index is 11.0. The van der Waals surface area contributed by atoms with Gasteiger partial charge in [0.05, 0.1) is 4.92 Å². The molecule has 1 aliphatic heterocycles. The van der Waals surface area contributed by atoms with Crippen LogP contribution in [0.2, 0.25) is 0 Å². The van der Waals surface area contributed by atoms with Gasteiger partial charge in [-0.25, -0.2) is 0 Å². The van der Waals surface area contributed by atoms with Crippen LogP contribution in [0.1, 0.15) is 29.0 Å². The van der Waals surface area contributed by atoms with Gasteiger partial charge < -0.3 is 5.32 Å². The number of aryl methyl sites for hydroxylation is 1. The lowest BCUT2D eigenvalue weighted by molar-refractivity contribution is -0.385. The summed E-state index contributed by atoms with van der Waals surface area (Å²) in [6.45, 7) is 1.83. The molecule has 0 fully saturated rings. The van der Waals surface area contributed by atoms with Crippen molar-refractivity contribution in [3.8, 4) is 0 Å². The van der Waals surface area contributed by atoms with Crippen molar-refractivity contribution in [3.05, 3.63) is 38.9 Å². The quantitative estimate of drug-likeness (QED) is 0.577. The Morgan fingerprint density at radius 2 is 2.25 bits per heavy atom. The molecular weight excluding hydrogens is 204 g/mol. The fourth-order valence-electron chi connectivity index (χ4n) is 3.03. The second kappa shape index (κ2) is 3.56. The minimum absolute atomic E-state index is 0.240. The number of nitro benzene ring substituents is 1. The first kappa shape index (κ1) is 9.78. The summed E-state index contributed by atoms with van der Waals surface area (Å²) in [5, 5.41) is 14.4. The lowest BCUT2D eigenvalue weighted by Crippen LogP contribution is -2.19. The van der Waals surface area contributed by atoms with E-state index in [1.807, 2.05) is 6.07 Å². The zero-order valence-electron chi connectivity index (χ0n) is 9.03. The van der Waals surface area contributed by atoms with E-state index in [1.165, 1.54) is 11.1 Å². The highest BCUT2D eigenvalue weighted by molar-refractivity contribution is 5.53. The van der Waals surface area contributed by atoms with Crippen LogP contribution in [0, 0.1) is 10.1 Å². The molecule has 0 saturated carbocycles. The third-order valence-electron chi connectivity index (χ3n) is 3.73. The van der Waals surface area contributed by atoms with E-state index in [4.69, 9.17) is 0 Å². The number of nitrogens with zero attached hydrogens (tertiary/aromatic N) is 1. The lowest BCUT2D eigenvalue weighted by Gasteiger charge is -2.11. The molecule has 0 saturated heterocycles. The molecule has 1 N–H and O–H groups in total. The van der Waals surface area contributed by atoms with Gasteiger partial charge >= 0.3 is 0 Å². The Labute approximate surface area is 93.8 Å². The maximum absolute atomic E-state index is 11.0. The van der Waals surface area contributed by atoms with Crippen molar-refractivity contribution < 1.29 is 4.92 Å². The maximum Gasteiger partial charge on any atom is 0.272 e. The summed E-state index contributed by atoms with van der Waals surface area (Å²) in [5.41, 5.74) is 3.90. The number of hydrogen-bond acceptors (Lipinski definition) is 3. The number of nitro groups is 1. The predicted octanol–water partition coefficient (Wildman–Crippen LogP) is 1.77. The SMILES string of the molecule is O=[N+]([O-])c1ccc2c3c1CCNCC3CC2. The van der Waals surface area contributed by atoms with Gasteiger partial charge in [0, 0.05) is 18.2 Å². The summed E-state index contributed by atoms with van der Waals surface area (Å²) in [5.74, 6) is 0.493. The van der Waals surface area contributed by atoms with Crippen LogP contribution < -0.4 is 5.32 Å². The highest BCUT2D eigenvalue weighted by Gasteiger charge is 2.31. The van der Waals surface area contributed by atoms with Crippen LogP contribution in [0.25, 0.3) is 0 Å². The van der Waals surface area contributed by atoms with Crippen molar-refractivity contribution in [1.82, 2.24) is 5.32 Å². The molecule has 1 aromatic carbocycles. The third-order valence-corrected chi connectivity index (χ3v) is 3.73. The van der Waals surface area contributed by atoms with Crippen molar-refractivity contribution >= 4 is 5.69 Å². The molecule has 1 aliphatic carbocycles. The molecule has 0 radical (unpaired) electrons. The molecule has 1 aromatic rings. The fraction of sp³-hybridized carbons (Fsp3) is 0.500. The van der Waals surface area contributed by atoms with Crippen molar-refractivity contribution in [1.29, 1.82) is 0 Å². The van der Waals surface area contributed by atoms with Gasteiger partial charge in [0.25, 0.3) is 5.69 Å². The molecule has 0 amide bonds.